The number of nitrogens with zero attached hydrogens (tertiary/aromatic N) is 1. The molecule has 0 aliphatic heterocycles. The Kier molecular flexibility index (Phi) is 5.53. The van der Waals surface area contributed by atoms with E-state index in [4.69, 9.17) is 27.7 Å². The van der Waals surface area contributed by atoms with Gasteiger partial charge in [0.1, 0.15) is 5.69 Å². The summed E-state index contributed by atoms with van der Waals surface area (Å²) in [5, 5.41) is 7.95. The number of halogens is 2. The molecule has 0 atom stereocenters. The number of nitrogens with one attached hydrogen (secondary N) is 1. The Morgan fingerprint density at radius 3 is 2.64 bits per heavy atom. The van der Waals surface area contributed by atoms with Crippen LogP contribution in [0.1, 0.15) is 11.3 Å². The molecule has 0 aliphatic rings. The van der Waals surface area contributed by atoms with E-state index in [9.17, 15) is 4.79 Å². The fourth-order valence-corrected chi connectivity index (χ4v) is 2.48. The van der Waals surface area contributed by atoms with Gasteiger partial charge in [-0.05, 0) is 42.0 Å². The number of rotatable bonds is 5. The minimum absolute atomic E-state index is 0.240. The molecule has 0 unspecified atom stereocenters. The predicted molar refractivity (Wildman–Crippen MR) is 99.3 cm³/mol. The largest absolute Gasteiger partial charge is 0.356 e. The van der Waals surface area contributed by atoms with Gasteiger partial charge in [0.05, 0.1) is 6.54 Å². The van der Waals surface area contributed by atoms with Gasteiger partial charge in [-0.2, -0.15) is 0 Å². The zero-order chi connectivity index (χ0) is 17.6. The number of aromatic nitrogens is 1. The summed E-state index contributed by atoms with van der Waals surface area (Å²) < 4.78 is 5.29. The van der Waals surface area contributed by atoms with E-state index < -0.39 is 0 Å². The molecule has 1 aromatic heterocycles. The molecule has 0 aliphatic carbocycles. The van der Waals surface area contributed by atoms with Crippen molar-refractivity contribution in [2.24, 2.45) is 0 Å². The van der Waals surface area contributed by atoms with Crippen LogP contribution in [0.2, 0.25) is 10.0 Å². The lowest BCUT2D eigenvalue weighted by Gasteiger charge is -1.99. The van der Waals surface area contributed by atoms with Gasteiger partial charge in [0.15, 0.2) is 5.76 Å². The molecule has 126 valence electrons. The van der Waals surface area contributed by atoms with E-state index in [-0.39, 0.29) is 12.5 Å². The highest BCUT2D eigenvalue weighted by molar-refractivity contribution is 6.32. The Bertz CT molecular complexity index is 902. The van der Waals surface area contributed by atoms with E-state index >= 15 is 0 Å². The van der Waals surface area contributed by atoms with Crippen molar-refractivity contribution in [1.82, 2.24) is 10.5 Å². The Labute approximate surface area is 155 Å². The number of hydrogen-bond donors (Lipinski definition) is 1. The van der Waals surface area contributed by atoms with E-state index in [2.05, 4.69) is 10.5 Å². The first kappa shape index (κ1) is 17.3. The third-order valence-corrected chi connectivity index (χ3v) is 4.05. The van der Waals surface area contributed by atoms with Gasteiger partial charge in [-0.25, -0.2) is 0 Å². The van der Waals surface area contributed by atoms with E-state index in [1.807, 2.05) is 30.3 Å². The molecule has 0 bridgehead atoms. The first-order chi connectivity index (χ1) is 12.1. The van der Waals surface area contributed by atoms with Crippen LogP contribution in [-0.4, -0.2) is 11.1 Å². The first-order valence-electron chi connectivity index (χ1n) is 7.54. The molecule has 1 N–H and O–H groups in total. The molecule has 0 fully saturated rings. The Morgan fingerprint density at radius 1 is 1.12 bits per heavy atom. The fourth-order valence-electron chi connectivity index (χ4n) is 2.16. The van der Waals surface area contributed by atoms with Crippen LogP contribution in [0.15, 0.2) is 65.2 Å². The summed E-state index contributed by atoms with van der Waals surface area (Å²) in [6, 6.07) is 16.3. The maximum Gasteiger partial charge on any atom is 0.244 e. The third-order valence-electron chi connectivity index (χ3n) is 3.45. The molecular formula is C19H14Cl2N2O2. The van der Waals surface area contributed by atoms with Crippen molar-refractivity contribution >= 4 is 35.2 Å². The van der Waals surface area contributed by atoms with Gasteiger partial charge in [-0.3, -0.25) is 4.79 Å². The van der Waals surface area contributed by atoms with Crippen LogP contribution in [-0.2, 0) is 11.3 Å². The smallest absolute Gasteiger partial charge is 0.244 e. The minimum atomic E-state index is -0.240. The minimum Gasteiger partial charge on any atom is -0.356 e. The molecule has 0 radical (unpaired) electrons. The summed E-state index contributed by atoms with van der Waals surface area (Å²) in [5.74, 6) is 0.378. The topological polar surface area (TPSA) is 55.1 Å². The molecule has 4 nitrogen and oxygen atoms in total. The van der Waals surface area contributed by atoms with E-state index in [0.717, 1.165) is 11.1 Å². The van der Waals surface area contributed by atoms with Crippen LogP contribution >= 0.6 is 23.2 Å². The second-order valence-electron chi connectivity index (χ2n) is 5.26. The van der Waals surface area contributed by atoms with Crippen molar-refractivity contribution in [1.29, 1.82) is 0 Å². The molecule has 0 saturated heterocycles. The van der Waals surface area contributed by atoms with Gasteiger partial charge < -0.3 is 9.84 Å². The van der Waals surface area contributed by atoms with Crippen LogP contribution in [0.4, 0.5) is 0 Å². The van der Waals surface area contributed by atoms with Crippen molar-refractivity contribution in [2.75, 3.05) is 0 Å². The molecule has 1 heterocycles. The zero-order valence-corrected chi connectivity index (χ0v) is 14.6. The highest BCUT2D eigenvalue weighted by atomic mass is 35.5. The molecule has 1 amide bonds. The van der Waals surface area contributed by atoms with Crippen LogP contribution in [0.3, 0.4) is 0 Å². The van der Waals surface area contributed by atoms with Gasteiger partial charge in [0.25, 0.3) is 0 Å². The standard InChI is InChI=1S/C19H14Cl2N2O2/c20-15-8-5-14(6-9-15)18-11-16(23-25-18)12-22-19(24)10-7-13-3-1-2-4-17(13)21/h1-11H,12H2,(H,22,24)/b10-7+. The van der Waals surface area contributed by atoms with Gasteiger partial charge in [0.2, 0.25) is 5.91 Å². The summed E-state index contributed by atoms with van der Waals surface area (Å²) >= 11 is 11.9. The molecule has 3 aromatic rings. The summed E-state index contributed by atoms with van der Waals surface area (Å²) in [6.45, 7) is 0.267. The van der Waals surface area contributed by atoms with Crippen LogP contribution in [0, 0.1) is 0 Å². The molecular weight excluding hydrogens is 359 g/mol. The van der Waals surface area contributed by atoms with E-state index in [1.54, 1.807) is 30.3 Å². The highest BCUT2D eigenvalue weighted by Gasteiger charge is 2.07. The molecule has 6 heteroatoms. The molecule has 2 aromatic carbocycles. The van der Waals surface area contributed by atoms with E-state index in [1.165, 1.54) is 6.08 Å². The Hall–Kier alpha value is -2.56. The van der Waals surface area contributed by atoms with Crippen LogP contribution < -0.4 is 5.32 Å². The monoisotopic (exact) mass is 372 g/mol. The zero-order valence-electron chi connectivity index (χ0n) is 13.1. The van der Waals surface area contributed by atoms with Crippen LogP contribution in [0.25, 0.3) is 17.4 Å². The number of carbonyl (C=O) groups excluding carboxylic acids is 1. The second kappa shape index (κ2) is 8.01. The van der Waals surface area contributed by atoms with Crippen LogP contribution in [0.5, 0.6) is 0 Å². The van der Waals surface area contributed by atoms with Crippen molar-refractivity contribution in [2.45, 2.75) is 6.54 Å². The van der Waals surface area contributed by atoms with Crippen molar-refractivity contribution in [3.63, 3.8) is 0 Å². The second-order valence-corrected chi connectivity index (χ2v) is 6.11. The van der Waals surface area contributed by atoms with Crippen molar-refractivity contribution in [3.8, 4) is 11.3 Å². The fraction of sp³-hybridized carbons (Fsp3) is 0.0526. The number of benzene rings is 2. The van der Waals surface area contributed by atoms with E-state index in [0.29, 0.717) is 21.5 Å². The first-order valence-corrected chi connectivity index (χ1v) is 8.29. The molecule has 3 rings (SSSR count). The Balaban J connectivity index is 1.58. The highest BCUT2D eigenvalue weighted by Crippen LogP contribution is 2.22. The summed E-state index contributed by atoms with van der Waals surface area (Å²) in [4.78, 5) is 11.9. The van der Waals surface area contributed by atoms with Gasteiger partial charge in [0, 0.05) is 27.8 Å². The summed E-state index contributed by atoms with van der Waals surface area (Å²) in [5.41, 5.74) is 2.28. The predicted octanol–water partition coefficient (Wildman–Crippen LogP) is 4.98. The van der Waals surface area contributed by atoms with Gasteiger partial charge >= 0.3 is 0 Å². The lowest BCUT2D eigenvalue weighted by Crippen LogP contribution is -2.20. The molecule has 0 saturated carbocycles. The SMILES string of the molecule is O=C(/C=C/c1ccccc1Cl)NCc1cc(-c2ccc(Cl)cc2)on1. The summed E-state index contributed by atoms with van der Waals surface area (Å²) in [6.07, 6.45) is 3.10. The maximum atomic E-state index is 11.9. The molecule has 25 heavy (non-hydrogen) atoms. The Morgan fingerprint density at radius 2 is 1.88 bits per heavy atom. The number of hydrogen-bond acceptors (Lipinski definition) is 3. The van der Waals surface area contributed by atoms with Gasteiger partial charge in [-0.15, -0.1) is 0 Å². The average Bonchev–Trinajstić information content (AvgIpc) is 3.09. The maximum absolute atomic E-state index is 11.9. The molecule has 0 spiro atoms. The number of amides is 1. The third kappa shape index (κ3) is 4.72. The summed E-state index contributed by atoms with van der Waals surface area (Å²) in [7, 11) is 0. The average molecular weight is 373 g/mol. The van der Waals surface area contributed by atoms with Crippen molar-refractivity contribution in [3.05, 3.63) is 82.0 Å². The van der Waals surface area contributed by atoms with Gasteiger partial charge in [-0.1, -0.05) is 46.6 Å². The quantitative estimate of drug-likeness (QED) is 0.642. The van der Waals surface area contributed by atoms with Crippen molar-refractivity contribution < 1.29 is 9.32 Å². The number of carbonyl (C=O) groups is 1. The lowest BCUT2D eigenvalue weighted by molar-refractivity contribution is -0.116. The lowest BCUT2D eigenvalue weighted by atomic mass is 10.1. The normalized spacial score (nSPS) is 11.0.